The first kappa shape index (κ1) is 26.2. The van der Waals surface area contributed by atoms with Crippen molar-refractivity contribution >= 4 is 39.4 Å². The van der Waals surface area contributed by atoms with Crippen LogP contribution in [0.4, 0.5) is 16.6 Å². The first-order valence-corrected chi connectivity index (χ1v) is 15.3. The van der Waals surface area contributed by atoms with E-state index in [1.54, 1.807) is 11.3 Å². The molecular weight excluding hydrogens is 508 g/mol. The fraction of sp³-hybridized carbons (Fsp3) is 0.621. The number of pyridine rings is 1. The molecule has 3 aromatic heterocycles. The van der Waals surface area contributed by atoms with Crippen molar-refractivity contribution in [2.24, 2.45) is 5.92 Å². The summed E-state index contributed by atoms with van der Waals surface area (Å²) in [6, 6.07) is 2.29. The van der Waals surface area contributed by atoms with Crippen molar-refractivity contribution in [1.82, 2.24) is 30.6 Å². The van der Waals surface area contributed by atoms with E-state index in [4.69, 9.17) is 15.0 Å². The minimum atomic E-state index is -0.261. The lowest BCUT2D eigenvalue weighted by atomic mass is 9.85. The molecule has 3 fully saturated rings. The van der Waals surface area contributed by atoms with Crippen molar-refractivity contribution in [3.05, 3.63) is 23.7 Å². The molecule has 9 nitrogen and oxygen atoms in total. The highest BCUT2D eigenvalue weighted by molar-refractivity contribution is 7.21. The van der Waals surface area contributed by atoms with Gasteiger partial charge in [-0.3, -0.25) is 4.98 Å². The van der Waals surface area contributed by atoms with Crippen LogP contribution in [0.5, 0.6) is 0 Å². The van der Waals surface area contributed by atoms with Gasteiger partial charge in [0.05, 0.1) is 21.7 Å². The van der Waals surface area contributed by atoms with E-state index in [9.17, 15) is 4.79 Å². The summed E-state index contributed by atoms with van der Waals surface area (Å²) in [4.78, 5) is 32.1. The Kier molecular flexibility index (Phi) is 7.07. The van der Waals surface area contributed by atoms with E-state index in [0.29, 0.717) is 17.8 Å². The number of nitrogens with zero attached hydrogens (tertiary/aromatic N) is 4. The Balaban J connectivity index is 1.26. The maximum Gasteiger partial charge on any atom is 0.315 e. The van der Waals surface area contributed by atoms with Crippen LogP contribution in [0.2, 0.25) is 0 Å². The Bertz CT molecular complexity index is 1360. The number of hydrogen-bond acceptors (Lipinski definition) is 8. The zero-order valence-electron chi connectivity index (χ0n) is 23.4. The minimum absolute atomic E-state index is 0.108. The monoisotopic (exact) mass is 548 g/mol. The molecule has 0 saturated heterocycles. The summed E-state index contributed by atoms with van der Waals surface area (Å²) < 4.78 is 1.16. The van der Waals surface area contributed by atoms with Gasteiger partial charge in [-0.1, -0.05) is 6.42 Å². The van der Waals surface area contributed by atoms with E-state index in [1.165, 1.54) is 32.1 Å². The molecule has 3 saturated carbocycles. The first-order valence-electron chi connectivity index (χ1n) is 14.5. The molecule has 0 aromatic carbocycles. The Morgan fingerprint density at radius 3 is 2.56 bits per heavy atom. The summed E-state index contributed by atoms with van der Waals surface area (Å²) in [7, 11) is 0. The van der Waals surface area contributed by atoms with E-state index in [2.05, 4.69) is 39.2 Å². The van der Waals surface area contributed by atoms with Crippen LogP contribution < -0.4 is 21.3 Å². The third-order valence-corrected chi connectivity index (χ3v) is 9.01. The highest BCUT2D eigenvalue weighted by Crippen LogP contribution is 2.44. The lowest BCUT2D eigenvalue weighted by Gasteiger charge is -2.25. The van der Waals surface area contributed by atoms with Crippen LogP contribution in [-0.2, 0) is 0 Å². The number of fused-ring (bicyclic) bond motifs is 1. The lowest BCUT2D eigenvalue weighted by Crippen LogP contribution is -2.49. The van der Waals surface area contributed by atoms with Gasteiger partial charge >= 0.3 is 6.03 Å². The quantitative estimate of drug-likeness (QED) is 0.274. The number of aryl methyl sites for hydroxylation is 1. The Hall–Kier alpha value is -3.01. The second-order valence-electron chi connectivity index (χ2n) is 12.6. The average Bonchev–Trinajstić information content (AvgIpc) is 3.43. The number of carbonyl (C=O) groups is 1. The second kappa shape index (κ2) is 10.5. The standard InChI is InChI=1S/C29H40N8OS/c1-16-22(26-35-24-21(39-26)12-13-30-23(24)18-8-9-18)25(36-27(32-16)31-15-17-6-5-7-17)33-19-10-11-20(14-19)34-28(38)37-29(2,3)4/h12-13,17-20H,5-11,14-15H2,1-4H3,(H2,34,37,38)(H2,31,32,33,36). The lowest BCUT2D eigenvalue weighted by molar-refractivity contribution is 0.228. The molecule has 2 atom stereocenters. The van der Waals surface area contributed by atoms with Gasteiger partial charge in [-0.05, 0) is 84.6 Å². The van der Waals surface area contributed by atoms with E-state index < -0.39 is 0 Å². The molecular formula is C29H40N8OS. The van der Waals surface area contributed by atoms with Crippen molar-refractivity contribution < 1.29 is 4.79 Å². The molecule has 2 unspecified atom stereocenters. The molecule has 6 rings (SSSR count). The van der Waals surface area contributed by atoms with Crippen molar-refractivity contribution in [3.8, 4) is 10.6 Å². The van der Waals surface area contributed by atoms with Crippen molar-refractivity contribution in [3.63, 3.8) is 0 Å². The largest absolute Gasteiger partial charge is 0.366 e. The van der Waals surface area contributed by atoms with Crippen LogP contribution in [0.3, 0.4) is 0 Å². The smallest absolute Gasteiger partial charge is 0.315 e. The molecule has 0 bridgehead atoms. The number of hydrogen-bond donors (Lipinski definition) is 4. The summed E-state index contributed by atoms with van der Waals surface area (Å²) in [5.74, 6) is 2.74. The van der Waals surface area contributed by atoms with Crippen LogP contribution in [0.1, 0.15) is 89.4 Å². The van der Waals surface area contributed by atoms with Gasteiger partial charge in [0, 0.05) is 36.3 Å². The van der Waals surface area contributed by atoms with Gasteiger partial charge in [-0.15, -0.1) is 11.3 Å². The molecule has 0 aliphatic heterocycles. The summed E-state index contributed by atoms with van der Waals surface area (Å²) in [5, 5.41) is 14.3. The summed E-state index contributed by atoms with van der Waals surface area (Å²) >= 11 is 1.69. The maximum absolute atomic E-state index is 12.4. The fourth-order valence-electron chi connectivity index (χ4n) is 5.58. The molecule has 3 aliphatic carbocycles. The van der Waals surface area contributed by atoms with Crippen molar-refractivity contribution in [1.29, 1.82) is 0 Å². The molecule has 0 spiro atoms. The topological polar surface area (TPSA) is 117 Å². The predicted molar refractivity (Wildman–Crippen MR) is 157 cm³/mol. The van der Waals surface area contributed by atoms with Crippen molar-refractivity contribution in [2.75, 3.05) is 17.2 Å². The minimum Gasteiger partial charge on any atom is -0.366 e. The van der Waals surface area contributed by atoms with E-state index in [0.717, 1.165) is 63.8 Å². The summed E-state index contributed by atoms with van der Waals surface area (Å²) in [5.41, 5.74) is 3.77. The Morgan fingerprint density at radius 2 is 1.85 bits per heavy atom. The summed E-state index contributed by atoms with van der Waals surface area (Å²) in [6.45, 7) is 8.94. The number of aromatic nitrogens is 4. The number of thiazole rings is 1. The highest BCUT2D eigenvalue weighted by atomic mass is 32.1. The van der Waals surface area contributed by atoms with Gasteiger partial charge in [-0.2, -0.15) is 4.98 Å². The molecule has 3 aliphatic rings. The van der Waals surface area contributed by atoms with E-state index in [-0.39, 0.29) is 23.7 Å². The zero-order chi connectivity index (χ0) is 27.1. The third kappa shape index (κ3) is 6.10. The number of anilines is 2. The predicted octanol–water partition coefficient (Wildman–Crippen LogP) is 5.98. The van der Waals surface area contributed by atoms with Crippen LogP contribution in [0, 0.1) is 12.8 Å². The van der Waals surface area contributed by atoms with Crippen LogP contribution in [0.15, 0.2) is 12.3 Å². The van der Waals surface area contributed by atoms with Gasteiger partial charge in [0.2, 0.25) is 5.95 Å². The highest BCUT2D eigenvalue weighted by Gasteiger charge is 2.31. The second-order valence-corrected chi connectivity index (χ2v) is 13.6. The number of urea groups is 1. The first-order chi connectivity index (χ1) is 18.7. The molecule has 2 amide bonds. The SMILES string of the molecule is Cc1nc(NCC2CCC2)nc(NC2CCC(NC(=O)NC(C)(C)C)C2)c1-c1nc2c(C3CC3)nccc2s1. The van der Waals surface area contributed by atoms with Crippen LogP contribution in [0.25, 0.3) is 20.8 Å². The van der Waals surface area contributed by atoms with Gasteiger partial charge in [-0.25, -0.2) is 14.8 Å². The van der Waals surface area contributed by atoms with Crippen molar-refractivity contribution in [2.45, 2.75) is 103 Å². The van der Waals surface area contributed by atoms with Crippen LogP contribution >= 0.6 is 11.3 Å². The Labute approximate surface area is 234 Å². The number of nitrogens with one attached hydrogen (secondary N) is 4. The zero-order valence-corrected chi connectivity index (χ0v) is 24.2. The molecule has 0 radical (unpaired) electrons. The molecule has 3 heterocycles. The molecule has 3 aromatic rings. The fourth-order valence-corrected chi connectivity index (χ4v) is 6.65. The van der Waals surface area contributed by atoms with Gasteiger partial charge < -0.3 is 21.3 Å². The average molecular weight is 549 g/mol. The number of rotatable bonds is 8. The molecule has 4 N–H and O–H groups in total. The Morgan fingerprint density at radius 1 is 1.05 bits per heavy atom. The molecule has 208 valence electrons. The molecule has 10 heteroatoms. The van der Waals surface area contributed by atoms with Gasteiger partial charge in [0.1, 0.15) is 16.3 Å². The third-order valence-electron chi connectivity index (χ3n) is 7.97. The molecule has 39 heavy (non-hydrogen) atoms. The van der Waals surface area contributed by atoms with Gasteiger partial charge in [0.25, 0.3) is 0 Å². The van der Waals surface area contributed by atoms with E-state index in [1.807, 2.05) is 27.0 Å². The normalized spacial score (nSPS) is 21.5. The van der Waals surface area contributed by atoms with Crippen LogP contribution in [-0.4, -0.2) is 50.1 Å². The van der Waals surface area contributed by atoms with Gasteiger partial charge in [0.15, 0.2) is 0 Å². The van der Waals surface area contributed by atoms with E-state index >= 15 is 0 Å². The maximum atomic E-state index is 12.4. The number of carbonyl (C=O) groups excluding carboxylic acids is 1. The summed E-state index contributed by atoms with van der Waals surface area (Å²) in [6.07, 6.45) is 10.9. The number of amides is 2.